The predicted octanol–water partition coefficient (Wildman–Crippen LogP) is 3.39. The highest BCUT2D eigenvalue weighted by Gasteiger charge is 2.32. The van der Waals surface area contributed by atoms with Crippen LogP contribution in [0.5, 0.6) is 11.5 Å². The van der Waals surface area contributed by atoms with Crippen molar-refractivity contribution in [3.63, 3.8) is 0 Å². The summed E-state index contributed by atoms with van der Waals surface area (Å²) in [7, 11) is 0. The van der Waals surface area contributed by atoms with Crippen LogP contribution in [0.25, 0.3) is 0 Å². The fraction of sp³-hybridized carbons (Fsp3) is 0.478. The molecule has 0 amide bonds. The Morgan fingerprint density at radius 2 is 1.72 bits per heavy atom. The number of fused-ring (bicyclic) bond motifs is 1. The third-order valence-corrected chi connectivity index (χ3v) is 5.88. The van der Waals surface area contributed by atoms with Gasteiger partial charge < -0.3 is 24.6 Å². The molecule has 0 bridgehead atoms. The highest BCUT2D eigenvalue weighted by atomic mass is 19.1. The molecular weight excluding hydrogens is 373 g/mol. The number of rotatable bonds is 4. The number of aliphatic hydroxyl groups is 2. The number of likely N-dealkylation sites (tertiary alicyclic amines) is 1. The Bertz CT molecular complexity index is 828. The average molecular weight is 401 g/mol. The molecule has 1 saturated heterocycles. The molecule has 2 aliphatic heterocycles. The maximum absolute atomic E-state index is 13.2. The third-order valence-electron chi connectivity index (χ3n) is 5.88. The number of hydrogen-bond donors (Lipinski definition) is 2. The molecule has 0 radical (unpaired) electrons. The van der Waals surface area contributed by atoms with E-state index < -0.39 is 11.7 Å². The first-order chi connectivity index (χ1) is 14.0. The zero-order valence-corrected chi connectivity index (χ0v) is 16.5. The standard InChI is InChI=1S/C23H28FNO4/c24-19-6-4-18(5-7-19)23(27)9-1-11-25(12-10-23)16-20(26)17-3-8-21-22(15-17)29-14-2-13-28-21/h3-8,15,20,26-27H,1-2,9-14,16H2/t20-,23+/m1/s1. The highest BCUT2D eigenvalue weighted by molar-refractivity contribution is 5.44. The van der Waals surface area contributed by atoms with E-state index in [1.165, 1.54) is 12.1 Å². The smallest absolute Gasteiger partial charge is 0.161 e. The quantitative estimate of drug-likeness (QED) is 0.822. The second kappa shape index (κ2) is 8.69. The summed E-state index contributed by atoms with van der Waals surface area (Å²) in [5, 5.41) is 21.9. The molecular formula is C23H28FNO4. The molecule has 0 unspecified atom stereocenters. The van der Waals surface area contributed by atoms with Gasteiger partial charge in [0, 0.05) is 19.5 Å². The molecule has 2 aromatic carbocycles. The number of β-amino-alcohol motifs (C(OH)–C–C–N with tert-alkyl or cyclic N) is 1. The van der Waals surface area contributed by atoms with Crippen LogP contribution in [0.2, 0.25) is 0 Å². The summed E-state index contributed by atoms with van der Waals surface area (Å²) in [4.78, 5) is 2.18. The van der Waals surface area contributed by atoms with Gasteiger partial charge in [0.15, 0.2) is 11.5 Å². The third kappa shape index (κ3) is 4.71. The SMILES string of the molecule is O[C@H](CN1CCC[C@@](O)(c2ccc(F)cc2)CC1)c1ccc2c(c1)OCCCO2. The van der Waals surface area contributed by atoms with Crippen molar-refractivity contribution in [3.05, 3.63) is 59.4 Å². The molecule has 4 rings (SSSR count). The van der Waals surface area contributed by atoms with Crippen molar-refractivity contribution in [1.29, 1.82) is 0 Å². The van der Waals surface area contributed by atoms with Crippen LogP contribution in [0.3, 0.4) is 0 Å². The maximum atomic E-state index is 13.2. The number of ether oxygens (including phenoxy) is 2. The summed E-state index contributed by atoms with van der Waals surface area (Å²) < 4.78 is 24.6. The molecule has 0 spiro atoms. The van der Waals surface area contributed by atoms with Crippen molar-refractivity contribution in [2.24, 2.45) is 0 Å². The van der Waals surface area contributed by atoms with Crippen LogP contribution in [0, 0.1) is 5.82 Å². The summed E-state index contributed by atoms with van der Waals surface area (Å²) in [6.45, 7) is 3.19. The van der Waals surface area contributed by atoms with Crippen LogP contribution < -0.4 is 9.47 Å². The molecule has 1 fully saturated rings. The minimum Gasteiger partial charge on any atom is -0.490 e. The second-order valence-corrected chi connectivity index (χ2v) is 7.97. The Kier molecular flexibility index (Phi) is 6.04. The Morgan fingerprint density at radius 3 is 2.52 bits per heavy atom. The number of nitrogens with zero attached hydrogens (tertiary/aromatic N) is 1. The Balaban J connectivity index is 1.40. The van der Waals surface area contributed by atoms with E-state index in [-0.39, 0.29) is 5.82 Å². The summed E-state index contributed by atoms with van der Waals surface area (Å²) in [6, 6.07) is 11.7. The van der Waals surface area contributed by atoms with Crippen LogP contribution >= 0.6 is 0 Å². The van der Waals surface area contributed by atoms with E-state index in [0.29, 0.717) is 44.9 Å². The van der Waals surface area contributed by atoms with Gasteiger partial charge in [-0.3, -0.25) is 0 Å². The van der Waals surface area contributed by atoms with Gasteiger partial charge in [-0.25, -0.2) is 4.39 Å². The van der Waals surface area contributed by atoms with Crippen molar-refractivity contribution >= 4 is 0 Å². The van der Waals surface area contributed by atoms with Gasteiger partial charge in [0.25, 0.3) is 0 Å². The lowest BCUT2D eigenvalue weighted by Gasteiger charge is -2.28. The lowest BCUT2D eigenvalue weighted by atomic mass is 9.87. The Morgan fingerprint density at radius 1 is 0.966 bits per heavy atom. The van der Waals surface area contributed by atoms with E-state index in [1.54, 1.807) is 12.1 Å². The number of benzene rings is 2. The van der Waals surface area contributed by atoms with Crippen LogP contribution in [-0.4, -0.2) is 48.0 Å². The van der Waals surface area contributed by atoms with E-state index >= 15 is 0 Å². The largest absolute Gasteiger partial charge is 0.490 e. The first kappa shape index (κ1) is 20.1. The van der Waals surface area contributed by atoms with Crippen molar-refractivity contribution in [2.45, 2.75) is 37.4 Å². The Hall–Kier alpha value is -2.15. The molecule has 5 nitrogen and oxygen atoms in total. The van der Waals surface area contributed by atoms with E-state index in [0.717, 1.165) is 36.3 Å². The van der Waals surface area contributed by atoms with Gasteiger partial charge in [-0.05, 0) is 61.2 Å². The van der Waals surface area contributed by atoms with Gasteiger partial charge in [0.05, 0.1) is 24.9 Å². The lowest BCUT2D eigenvalue weighted by Crippen LogP contribution is -2.32. The van der Waals surface area contributed by atoms with E-state index in [9.17, 15) is 14.6 Å². The fourth-order valence-electron chi connectivity index (χ4n) is 4.14. The summed E-state index contributed by atoms with van der Waals surface area (Å²) in [5.74, 6) is 1.10. The first-order valence-corrected chi connectivity index (χ1v) is 10.3. The average Bonchev–Trinajstić information content (AvgIpc) is 3.07. The Labute approximate surface area is 170 Å². The number of aliphatic hydroxyl groups excluding tert-OH is 1. The van der Waals surface area contributed by atoms with Gasteiger partial charge >= 0.3 is 0 Å². The van der Waals surface area contributed by atoms with Crippen LogP contribution in [0.4, 0.5) is 4.39 Å². The minimum atomic E-state index is -0.956. The molecule has 2 heterocycles. The van der Waals surface area contributed by atoms with Gasteiger partial charge in [0.2, 0.25) is 0 Å². The minimum absolute atomic E-state index is 0.300. The normalized spacial score (nSPS) is 23.8. The molecule has 6 heteroatoms. The number of halogens is 1. The lowest BCUT2D eigenvalue weighted by molar-refractivity contribution is 0.0194. The topological polar surface area (TPSA) is 62.2 Å². The van der Waals surface area contributed by atoms with Crippen LogP contribution in [-0.2, 0) is 5.60 Å². The molecule has 2 N–H and O–H groups in total. The van der Waals surface area contributed by atoms with Crippen molar-refractivity contribution < 1.29 is 24.1 Å². The van der Waals surface area contributed by atoms with Crippen molar-refractivity contribution in [1.82, 2.24) is 4.90 Å². The molecule has 2 atom stereocenters. The zero-order valence-electron chi connectivity index (χ0n) is 16.5. The maximum Gasteiger partial charge on any atom is 0.161 e. The predicted molar refractivity (Wildman–Crippen MR) is 108 cm³/mol. The van der Waals surface area contributed by atoms with E-state index in [4.69, 9.17) is 9.47 Å². The molecule has 0 aliphatic carbocycles. The highest BCUT2D eigenvalue weighted by Crippen LogP contribution is 2.35. The summed E-state index contributed by atoms with van der Waals surface area (Å²) >= 11 is 0. The van der Waals surface area contributed by atoms with Gasteiger partial charge in [-0.15, -0.1) is 0 Å². The molecule has 2 aromatic rings. The number of hydrogen-bond acceptors (Lipinski definition) is 5. The molecule has 29 heavy (non-hydrogen) atoms. The monoisotopic (exact) mass is 401 g/mol. The fourth-order valence-corrected chi connectivity index (χ4v) is 4.14. The van der Waals surface area contributed by atoms with Gasteiger partial charge in [-0.2, -0.15) is 0 Å². The van der Waals surface area contributed by atoms with E-state index in [1.807, 2.05) is 18.2 Å². The molecule has 0 saturated carbocycles. The molecule has 156 valence electrons. The molecule has 0 aromatic heterocycles. The van der Waals surface area contributed by atoms with Crippen LogP contribution in [0.1, 0.15) is 42.9 Å². The zero-order chi connectivity index (χ0) is 20.3. The first-order valence-electron chi connectivity index (χ1n) is 10.3. The van der Waals surface area contributed by atoms with Crippen molar-refractivity contribution in [2.75, 3.05) is 32.8 Å². The van der Waals surface area contributed by atoms with Crippen molar-refractivity contribution in [3.8, 4) is 11.5 Å². The summed E-state index contributed by atoms with van der Waals surface area (Å²) in [5.41, 5.74) is 0.597. The second-order valence-electron chi connectivity index (χ2n) is 7.97. The molecule has 2 aliphatic rings. The van der Waals surface area contributed by atoms with Gasteiger partial charge in [-0.1, -0.05) is 18.2 Å². The van der Waals surface area contributed by atoms with Gasteiger partial charge in [0.1, 0.15) is 5.82 Å². The van der Waals surface area contributed by atoms with E-state index in [2.05, 4.69) is 4.90 Å². The summed E-state index contributed by atoms with van der Waals surface area (Å²) in [6.07, 6.45) is 2.17. The van der Waals surface area contributed by atoms with Crippen LogP contribution in [0.15, 0.2) is 42.5 Å².